The number of nitrogens with one attached hydrogen (secondary N) is 1. The number of rotatable bonds is 2. The summed E-state index contributed by atoms with van der Waals surface area (Å²) in [4.78, 5) is 25.4. The van der Waals surface area contributed by atoms with Gasteiger partial charge in [0.1, 0.15) is 18.3 Å². The number of aromatic amines is 1. The minimum atomic E-state index is -1.36. The predicted molar refractivity (Wildman–Crippen MR) is 63.8 cm³/mol. The quantitative estimate of drug-likeness (QED) is 0.482. The number of H-pyrrole nitrogens is 1. The lowest BCUT2D eigenvalue weighted by molar-refractivity contribution is -0.0560. The fraction of sp³-hybridized carbons (Fsp3) is 0.636. The van der Waals surface area contributed by atoms with E-state index < -0.39 is 42.4 Å². The summed E-state index contributed by atoms with van der Waals surface area (Å²) in [6.07, 6.45) is -4.78. The highest BCUT2D eigenvalue weighted by atomic mass is 16.6. The third-order valence-electron chi connectivity index (χ3n) is 3.46. The normalized spacial score (nSPS) is 30.8. The molecule has 4 N–H and O–H groups in total. The van der Waals surface area contributed by atoms with Crippen molar-refractivity contribution in [1.82, 2.24) is 9.55 Å². The third kappa shape index (κ3) is 2.12. The van der Waals surface area contributed by atoms with Crippen LogP contribution in [0.15, 0.2) is 9.59 Å². The van der Waals surface area contributed by atoms with E-state index >= 15 is 0 Å². The molecule has 8 nitrogen and oxygen atoms in total. The summed E-state index contributed by atoms with van der Waals surface area (Å²) in [5.41, 5.74) is -0.589. The predicted octanol–water partition coefficient (Wildman–Crippen LogP) is -2.24. The Kier molecular flexibility index (Phi) is 3.59. The average Bonchev–Trinajstić information content (AvgIpc) is 2.64. The van der Waals surface area contributed by atoms with Gasteiger partial charge in [0.25, 0.3) is 5.56 Å². The summed E-state index contributed by atoms with van der Waals surface area (Å²) < 4.78 is 6.34. The van der Waals surface area contributed by atoms with Gasteiger partial charge in [0.2, 0.25) is 0 Å². The second-order valence-electron chi connectivity index (χ2n) is 4.57. The molecule has 1 aromatic heterocycles. The van der Waals surface area contributed by atoms with Crippen LogP contribution < -0.4 is 11.2 Å². The van der Waals surface area contributed by atoms with Crippen LogP contribution in [-0.4, -0.2) is 49.8 Å². The maximum Gasteiger partial charge on any atom is 0.330 e. The third-order valence-corrected chi connectivity index (χ3v) is 3.46. The number of aromatic nitrogens is 2. The standard InChI is InChI=1S/C11H16N2O6/c1-4-5(2)13(11(18)12-9(4)17)10-8(16)7(15)6(3-14)19-10/h6-8,10,14-16H,3H2,1-2H3,(H,12,17,18)/t6-,7+,8+,10+/m0/s1. The van der Waals surface area contributed by atoms with Gasteiger partial charge in [0.15, 0.2) is 6.23 Å². The van der Waals surface area contributed by atoms with Crippen molar-refractivity contribution in [2.45, 2.75) is 38.4 Å². The van der Waals surface area contributed by atoms with E-state index in [-0.39, 0.29) is 0 Å². The summed E-state index contributed by atoms with van der Waals surface area (Å²) in [6.45, 7) is 2.59. The zero-order chi connectivity index (χ0) is 14.3. The van der Waals surface area contributed by atoms with Crippen LogP contribution in [0.1, 0.15) is 17.5 Å². The van der Waals surface area contributed by atoms with Crippen LogP contribution >= 0.6 is 0 Å². The summed E-state index contributed by atoms with van der Waals surface area (Å²) in [7, 11) is 0. The second kappa shape index (κ2) is 4.89. The van der Waals surface area contributed by atoms with Gasteiger partial charge in [-0.3, -0.25) is 14.3 Å². The fourth-order valence-electron chi connectivity index (χ4n) is 2.15. The molecule has 4 atom stereocenters. The molecule has 0 unspecified atom stereocenters. The summed E-state index contributed by atoms with van der Waals surface area (Å²) >= 11 is 0. The molecule has 106 valence electrons. The monoisotopic (exact) mass is 272 g/mol. The largest absolute Gasteiger partial charge is 0.394 e. The SMILES string of the molecule is Cc1c(C)n([C@@H]2O[C@@H](CO)[C@@H](O)[C@H]2O)c(=O)[nH]c1=O. The molecule has 0 amide bonds. The molecule has 1 saturated heterocycles. The van der Waals surface area contributed by atoms with E-state index in [2.05, 4.69) is 4.98 Å². The number of ether oxygens (including phenoxy) is 1. The molecule has 1 aromatic rings. The summed E-state index contributed by atoms with van der Waals surface area (Å²) in [5.74, 6) is 0. The lowest BCUT2D eigenvalue weighted by Crippen LogP contribution is -2.40. The van der Waals surface area contributed by atoms with Crippen LogP contribution in [0.4, 0.5) is 0 Å². The highest BCUT2D eigenvalue weighted by Gasteiger charge is 2.44. The van der Waals surface area contributed by atoms with Crippen molar-refractivity contribution in [3.8, 4) is 0 Å². The van der Waals surface area contributed by atoms with Crippen molar-refractivity contribution in [3.63, 3.8) is 0 Å². The Morgan fingerprint density at radius 3 is 2.42 bits per heavy atom. The molecule has 8 heteroatoms. The van der Waals surface area contributed by atoms with Crippen molar-refractivity contribution in [2.75, 3.05) is 6.61 Å². The molecule has 1 aliphatic rings. The van der Waals surface area contributed by atoms with E-state index in [9.17, 15) is 19.8 Å². The van der Waals surface area contributed by atoms with E-state index in [1.165, 1.54) is 6.92 Å². The molecule has 0 spiro atoms. The van der Waals surface area contributed by atoms with Gasteiger partial charge in [0.05, 0.1) is 6.61 Å². The lowest BCUT2D eigenvalue weighted by Gasteiger charge is -2.20. The van der Waals surface area contributed by atoms with Crippen LogP contribution in [0.5, 0.6) is 0 Å². The van der Waals surface area contributed by atoms with Gasteiger partial charge in [0, 0.05) is 11.3 Å². The first-order chi connectivity index (χ1) is 8.88. The van der Waals surface area contributed by atoms with Crippen molar-refractivity contribution >= 4 is 0 Å². The average molecular weight is 272 g/mol. The Morgan fingerprint density at radius 1 is 1.26 bits per heavy atom. The topological polar surface area (TPSA) is 125 Å². The Bertz CT molecular complexity index is 592. The maximum atomic E-state index is 11.8. The zero-order valence-corrected chi connectivity index (χ0v) is 10.5. The number of nitrogens with zero attached hydrogens (tertiary/aromatic N) is 1. The summed E-state index contributed by atoms with van der Waals surface area (Å²) in [6, 6.07) is 0. The number of aliphatic hydroxyl groups excluding tert-OH is 3. The van der Waals surface area contributed by atoms with Gasteiger partial charge in [-0.05, 0) is 13.8 Å². The molecular formula is C11H16N2O6. The number of hydrogen-bond donors (Lipinski definition) is 4. The van der Waals surface area contributed by atoms with Gasteiger partial charge >= 0.3 is 5.69 Å². The van der Waals surface area contributed by atoms with Crippen LogP contribution in [0.2, 0.25) is 0 Å². The number of hydrogen-bond acceptors (Lipinski definition) is 6. The van der Waals surface area contributed by atoms with E-state index in [0.29, 0.717) is 11.3 Å². The van der Waals surface area contributed by atoms with Crippen molar-refractivity contribution in [1.29, 1.82) is 0 Å². The van der Waals surface area contributed by atoms with Crippen molar-refractivity contribution in [2.24, 2.45) is 0 Å². The first-order valence-corrected chi connectivity index (χ1v) is 5.83. The minimum Gasteiger partial charge on any atom is -0.394 e. The van der Waals surface area contributed by atoms with E-state index in [4.69, 9.17) is 9.84 Å². The Hall–Kier alpha value is -1.48. The van der Waals surface area contributed by atoms with Gasteiger partial charge in [-0.1, -0.05) is 0 Å². The highest BCUT2D eigenvalue weighted by Crippen LogP contribution is 2.28. The molecule has 0 bridgehead atoms. The molecule has 2 rings (SSSR count). The van der Waals surface area contributed by atoms with Crippen LogP contribution in [0.3, 0.4) is 0 Å². The second-order valence-corrected chi connectivity index (χ2v) is 4.57. The van der Waals surface area contributed by atoms with Crippen molar-refractivity contribution in [3.05, 3.63) is 32.1 Å². The zero-order valence-electron chi connectivity index (χ0n) is 10.5. The molecular weight excluding hydrogens is 256 g/mol. The van der Waals surface area contributed by atoms with Gasteiger partial charge in [-0.25, -0.2) is 4.79 Å². The van der Waals surface area contributed by atoms with Crippen LogP contribution in [-0.2, 0) is 4.74 Å². The van der Waals surface area contributed by atoms with E-state index in [1.807, 2.05) is 0 Å². The van der Waals surface area contributed by atoms with Crippen LogP contribution in [0, 0.1) is 13.8 Å². The smallest absolute Gasteiger partial charge is 0.330 e. The Labute approximate surface area is 107 Å². The molecule has 1 fully saturated rings. The molecule has 0 aliphatic carbocycles. The molecule has 0 aromatic carbocycles. The molecule has 0 radical (unpaired) electrons. The van der Waals surface area contributed by atoms with Crippen LogP contribution in [0.25, 0.3) is 0 Å². The van der Waals surface area contributed by atoms with Gasteiger partial charge < -0.3 is 20.1 Å². The first-order valence-electron chi connectivity index (χ1n) is 5.83. The Balaban J connectivity index is 2.52. The fourth-order valence-corrected chi connectivity index (χ4v) is 2.15. The van der Waals surface area contributed by atoms with Crippen molar-refractivity contribution < 1.29 is 20.1 Å². The van der Waals surface area contributed by atoms with E-state index in [0.717, 1.165) is 4.57 Å². The summed E-state index contributed by atoms with van der Waals surface area (Å²) in [5, 5.41) is 28.6. The minimum absolute atomic E-state index is 0.317. The number of aliphatic hydroxyl groups is 3. The first kappa shape index (κ1) is 13.9. The van der Waals surface area contributed by atoms with Gasteiger partial charge in [-0.2, -0.15) is 0 Å². The lowest BCUT2D eigenvalue weighted by atomic mass is 10.1. The molecule has 2 heterocycles. The van der Waals surface area contributed by atoms with Gasteiger partial charge in [-0.15, -0.1) is 0 Å². The molecule has 1 aliphatic heterocycles. The maximum absolute atomic E-state index is 11.8. The highest BCUT2D eigenvalue weighted by molar-refractivity contribution is 5.15. The molecule has 19 heavy (non-hydrogen) atoms. The Morgan fingerprint density at radius 2 is 1.89 bits per heavy atom. The van der Waals surface area contributed by atoms with E-state index in [1.54, 1.807) is 6.92 Å². The molecule has 0 saturated carbocycles.